The van der Waals surface area contributed by atoms with Gasteiger partial charge in [0.15, 0.2) is 0 Å². The van der Waals surface area contributed by atoms with E-state index in [1.807, 2.05) is 27.7 Å². The van der Waals surface area contributed by atoms with Crippen molar-refractivity contribution in [3.8, 4) is 0 Å². The van der Waals surface area contributed by atoms with Crippen LogP contribution in [-0.2, 0) is 0 Å². The number of hydrogen-bond acceptors (Lipinski definition) is 0. The van der Waals surface area contributed by atoms with Crippen LogP contribution in [0.3, 0.4) is 0 Å². The second-order valence-corrected chi connectivity index (χ2v) is 4.78. The maximum absolute atomic E-state index is 2.34. The highest BCUT2D eigenvalue weighted by molar-refractivity contribution is 5.31. The number of hydrogen-bond donors (Lipinski definition) is 0. The lowest BCUT2D eigenvalue weighted by atomic mass is 9.75. The lowest BCUT2D eigenvalue weighted by Crippen LogP contribution is -2.16. The van der Waals surface area contributed by atoms with E-state index in [0.717, 1.165) is 0 Å². The lowest BCUT2D eigenvalue weighted by molar-refractivity contribution is 0.351. The van der Waals surface area contributed by atoms with Gasteiger partial charge >= 0.3 is 0 Å². The van der Waals surface area contributed by atoms with Crippen LogP contribution in [0.15, 0.2) is 35.5 Å². The molecule has 1 aliphatic carbocycles. The molecule has 0 saturated carbocycles. The van der Waals surface area contributed by atoms with Gasteiger partial charge in [-0.3, -0.25) is 0 Å². The van der Waals surface area contributed by atoms with Crippen molar-refractivity contribution in [2.45, 2.75) is 68.2 Å². The fourth-order valence-electron chi connectivity index (χ4n) is 2.12. The molecular formula is C17H32. The second kappa shape index (κ2) is 10.4. The van der Waals surface area contributed by atoms with Gasteiger partial charge in [-0.2, -0.15) is 0 Å². The summed E-state index contributed by atoms with van der Waals surface area (Å²) >= 11 is 0. The van der Waals surface area contributed by atoms with Gasteiger partial charge in [0.25, 0.3) is 0 Å². The predicted octanol–water partition coefficient (Wildman–Crippen LogP) is 6.31. The topological polar surface area (TPSA) is 0 Å². The van der Waals surface area contributed by atoms with Gasteiger partial charge in [-0.05, 0) is 37.7 Å². The van der Waals surface area contributed by atoms with Gasteiger partial charge in [-0.1, -0.05) is 71.4 Å². The molecule has 100 valence electrons. The molecule has 0 saturated heterocycles. The molecule has 0 heteroatoms. The summed E-state index contributed by atoms with van der Waals surface area (Å²) in [5.74, 6) is 0. The Morgan fingerprint density at radius 3 is 2.00 bits per heavy atom. The fraction of sp³-hybridized carbons (Fsp3) is 0.647. The van der Waals surface area contributed by atoms with Crippen LogP contribution >= 0.6 is 0 Å². The number of allylic oxidation sites excluding steroid dienone is 6. The van der Waals surface area contributed by atoms with Crippen LogP contribution in [0.1, 0.15) is 68.2 Å². The van der Waals surface area contributed by atoms with Crippen molar-refractivity contribution in [2.75, 3.05) is 0 Å². The van der Waals surface area contributed by atoms with Gasteiger partial charge in [0.2, 0.25) is 0 Å². The molecule has 1 aliphatic rings. The summed E-state index contributed by atoms with van der Waals surface area (Å²) in [5.41, 5.74) is 3.42. The first-order valence-corrected chi connectivity index (χ1v) is 7.02. The Bertz CT molecular complexity index is 262. The Kier molecular flexibility index (Phi) is 11.3. The molecule has 0 aliphatic heterocycles. The normalized spacial score (nSPS) is 20.0. The molecule has 0 heterocycles. The highest BCUT2D eigenvalue weighted by Gasteiger charge is 2.22. The Balaban J connectivity index is 0. The fourth-order valence-corrected chi connectivity index (χ4v) is 2.12. The van der Waals surface area contributed by atoms with Crippen LogP contribution in [-0.4, -0.2) is 0 Å². The summed E-state index contributed by atoms with van der Waals surface area (Å²) in [6.45, 7) is 17.0. The average molecular weight is 236 g/mol. The largest absolute Gasteiger partial charge is 0.0877 e. The molecule has 0 unspecified atom stereocenters. The van der Waals surface area contributed by atoms with Crippen LogP contribution in [0.5, 0.6) is 0 Å². The summed E-state index contributed by atoms with van der Waals surface area (Å²) in [6.07, 6.45) is 11.2. The van der Waals surface area contributed by atoms with Crippen molar-refractivity contribution < 1.29 is 0 Å². The van der Waals surface area contributed by atoms with Crippen molar-refractivity contribution >= 4 is 0 Å². The first-order chi connectivity index (χ1) is 8.03. The van der Waals surface area contributed by atoms with Gasteiger partial charge in [-0.25, -0.2) is 0 Å². The van der Waals surface area contributed by atoms with E-state index in [1.165, 1.54) is 24.0 Å². The van der Waals surface area contributed by atoms with Crippen LogP contribution in [0.4, 0.5) is 0 Å². The molecule has 0 radical (unpaired) electrons. The van der Waals surface area contributed by atoms with Gasteiger partial charge in [0.05, 0.1) is 0 Å². The molecule has 17 heavy (non-hydrogen) atoms. The Morgan fingerprint density at radius 2 is 1.59 bits per heavy atom. The minimum absolute atomic E-state index is 0.451. The van der Waals surface area contributed by atoms with Crippen LogP contribution < -0.4 is 0 Å². The van der Waals surface area contributed by atoms with Gasteiger partial charge < -0.3 is 0 Å². The Morgan fingerprint density at radius 1 is 1.06 bits per heavy atom. The summed E-state index contributed by atoms with van der Waals surface area (Å²) in [6, 6.07) is 0. The molecule has 0 amide bonds. The first-order valence-electron chi connectivity index (χ1n) is 7.02. The number of rotatable bonds is 1. The highest BCUT2D eigenvalue weighted by atomic mass is 14.3. The van der Waals surface area contributed by atoms with Gasteiger partial charge in [0.1, 0.15) is 0 Å². The molecule has 0 bridgehead atoms. The zero-order valence-corrected chi connectivity index (χ0v) is 13.2. The zero-order chi connectivity index (χ0) is 13.9. The van der Waals surface area contributed by atoms with Crippen molar-refractivity contribution in [2.24, 2.45) is 5.41 Å². The summed E-state index contributed by atoms with van der Waals surface area (Å²) in [7, 11) is 0. The third kappa shape index (κ3) is 8.97. The maximum atomic E-state index is 2.34. The molecule has 0 aromatic rings. The molecule has 0 spiro atoms. The van der Waals surface area contributed by atoms with Gasteiger partial charge in [0, 0.05) is 0 Å². The molecule has 0 fully saturated rings. The van der Waals surface area contributed by atoms with Crippen LogP contribution in [0, 0.1) is 5.41 Å². The van der Waals surface area contributed by atoms with Crippen molar-refractivity contribution in [3.05, 3.63) is 35.5 Å². The van der Waals surface area contributed by atoms with Crippen molar-refractivity contribution in [3.63, 3.8) is 0 Å². The summed E-state index contributed by atoms with van der Waals surface area (Å²) in [5, 5.41) is 0. The van der Waals surface area contributed by atoms with Crippen molar-refractivity contribution in [1.29, 1.82) is 0 Å². The van der Waals surface area contributed by atoms with Crippen LogP contribution in [0.25, 0.3) is 0 Å². The van der Waals surface area contributed by atoms with E-state index in [4.69, 9.17) is 0 Å². The summed E-state index contributed by atoms with van der Waals surface area (Å²) in [4.78, 5) is 0. The Hall–Kier alpha value is -0.780. The average Bonchev–Trinajstić information content (AvgIpc) is 2.29. The quantitative estimate of drug-likeness (QED) is 0.500. The van der Waals surface area contributed by atoms with E-state index in [2.05, 4.69) is 52.0 Å². The van der Waals surface area contributed by atoms with E-state index >= 15 is 0 Å². The van der Waals surface area contributed by atoms with E-state index in [1.54, 1.807) is 0 Å². The predicted molar refractivity (Wildman–Crippen MR) is 82.4 cm³/mol. The maximum Gasteiger partial charge on any atom is -0.0224 e. The van der Waals surface area contributed by atoms with Crippen LogP contribution in [0.2, 0.25) is 0 Å². The SMILES string of the molecule is C/C=C/C=C1/C=C(C)CC(C)(C)C1.CC.CC. The second-order valence-electron chi connectivity index (χ2n) is 4.78. The summed E-state index contributed by atoms with van der Waals surface area (Å²) < 4.78 is 0. The standard InChI is InChI=1S/C13H20.2C2H6/c1-5-6-7-12-8-11(2)9-13(3,4)10-12;2*1-2/h5-8H,9-10H2,1-4H3;2*1-2H3/b6-5+,12-7-;;. The van der Waals surface area contributed by atoms with E-state index in [0.29, 0.717) is 5.41 Å². The highest BCUT2D eigenvalue weighted by Crippen LogP contribution is 2.37. The van der Waals surface area contributed by atoms with Crippen molar-refractivity contribution in [1.82, 2.24) is 0 Å². The minimum Gasteiger partial charge on any atom is -0.0877 e. The third-order valence-electron chi connectivity index (χ3n) is 2.37. The lowest BCUT2D eigenvalue weighted by Gasteiger charge is -2.30. The Labute approximate surface area is 110 Å². The molecule has 0 atom stereocenters. The molecule has 0 N–H and O–H groups in total. The molecule has 0 aromatic heterocycles. The van der Waals surface area contributed by atoms with E-state index < -0.39 is 0 Å². The zero-order valence-electron chi connectivity index (χ0n) is 13.2. The van der Waals surface area contributed by atoms with E-state index in [-0.39, 0.29) is 0 Å². The van der Waals surface area contributed by atoms with E-state index in [9.17, 15) is 0 Å². The molecule has 1 rings (SSSR count). The van der Waals surface area contributed by atoms with Gasteiger partial charge in [-0.15, -0.1) is 0 Å². The monoisotopic (exact) mass is 236 g/mol. The molecule has 0 nitrogen and oxygen atoms in total. The molecule has 0 aromatic carbocycles. The minimum atomic E-state index is 0.451. The first kappa shape index (κ1) is 18.6. The third-order valence-corrected chi connectivity index (χ3v) is 2.37. The molecular weight excluding hydrogens is 204 g/mol. The smallest absolute Gasteiger partial charge is 0.0224 e.